The Morgan fingerprint density at radius 3 is 2.71 bits per heavy atom. The molecule has 0 saturated carbocycles. The highest BCUT2D eigenvalue weighted by molar-refractivity contribution is 8.00. The first kappa shape index (κ1) is 11.1. The van der Waals surface area contributed by atoms with Crippen molar-refractivity contribution in [3.05, 3.63) is 12.2 Å². The first-order valence-corrected chi connectivity index (χ1v) is 5.47. The number of thioether (sulfide) groups is 1. The Bertz CT molecular complexity index is 265. The van der Waals surface area contributed by atoms with E-state index in [0.717, 1.165) is 24.3 Å². The topological polar surface area (TPSA) is 66.4 Å². The molecule has 14 heavy (non-hydrogen) atoms. The summed E-state index contributed by atoms with van der Waals surface area (Å²) in [4.78, 5) is 21.3. The lowest BCUT2D eigenvalue weighted by molar-refractivity contribution is -0.131. The summed E-state index contributed by atoms with van der Waals surface area (Å²) < 4.78 is 0. The van der Waals surface area contributed by atoms with Gasteiger partial charge in [-0.15, -0.1) is 0 Å². The highest BCUT2D eigenvalue weighted by Crippen LogP contribution is 2.25. The average Bonchev–Trinajstić information content (AvgIpc) is 2.49. The molecular formula is C9H13NO3S. The Balaban J connectivity index is 2.36. The fourth-order valence-electron chi connectivity index (χ4n) is 1.30. The van der Waals surface area contributed by atoms with Crippen LogP contribution in [-0.2, 0) is 9.59 Å². The molecule has 0 spiro atoms. The number of nitrogens with one attached hydrogen (secondary N) is 1. The van der Waals surface area contributed by atoms with Crippen LogP contribution in [0.5, 0.6) is 0 Å². The molecule has 1 heterocycles. The molecule has 1 saturated heterocycles. The van der Waals surface area contributed by atoms with Gasteiger partial charge in [0, 0.05) is 23.4 Å². The number of amides is 1. The molecule has 0 aromatic rings. The number of hydrogen-bond donors (Lipinski definition) is 2. The summed E-state index contributed by atoms with van der Waals surface area (Å²) >= 11 is 1.82. The maximum Gasteiger partial charge on any atom is 0.328 e. The van der Waals surface area contributed by atoms with Gasteiger partial charge in [0.1, 0.15) is 0 Å². The van der Waals surface area contributed by atoms with Crippen molar-refractivity contribution >= 4 is 23.6 Å². The predicted octanol–water partition coefficient (Wildman–Crippen LogP) is 0.637. The quantitative estimate of drug-likeness (QED) is 0.678. The maximum atomic E-state index is 11.2. The minimum Gasteiger partial charge on any atom is -0.478 e. The Morgan fingerprint density at radius 1 is 1.50 bits per heavy atom. The summed E-state index contributed by atoms with van der Waals surface area (Å²) in [7, 11) is 0. The number of carboxylic acid groups (broad SMARTS) is 1. The van der Waals surface area contributed by atoms with E-state index in [1.54, 1.807) is 0 Å². The van der Waals surface area contributed by atoms with Gasteiger partial charge in [0.05, 0.1) is 0 Å². The third-order valence-corrected chi connectivity index (χ3v) is 3.41. The number of aliphatic carboxylic acids is 1. The molecule has 78 valence electrons. The van der Waals surface area contributed by atoms with Crippen molar-refractivity contribution in [3.63, 3.8) is 0 Å². The Labute approximate surface area is 86.8 Å². The van der Waals surface area contributed by atoms with Crippen LogP contribution in [0.15, 0.2) is 12.2 Å². The maximum absolute atomic E-state index is 11.2. The van der Waals surface area contributed by atoms with Gasteiger partial charge in [0.15, 0.2) is 0 Å². The van der Waals surface area contributed by atoms with Gasteiger partial charge in [-0.1, -0.05) is 6.92 Å². The minimum absolute atomic E-state index is 0.172. The molecule has 1 aliphatic heterocycles. The van der Waals surface area contributed by atoms with Crippen LogP contribution in [0, 0.1) is 0 Å². The van der Waals surface area contributed by atoms with E-state index in [9.17, 15) is 9.59 Å². The normalized spacial score (nSPS) is 26.6. The lowest BCUT2D eigenvalue weighted by atomic mass is 10.2. The summed E-state index contributed by atoms with van der Waals surface area (Å²) in [6.07, 6.45) is 2.86. The first-order chi connectivity index (χ1) is 6.59. The van der Waals surface area contributed by atoms with Gasteiger partial charge in [-0.05, 0) is 12.2 Å². The number of rotatable bonds is 3. The summed E-state index contributed by atoms with van der Waals surface area (Å²) in [5, 5.41) is 11.5. The highest BCUT2D eigenvalue weighted by atomic mass is 32.2. The van der Waals surface area contributed by atoms with Crippen molar-refractivity contribution in [1.82, 2.24) is 5.32 Å². The van der Waals surface area contributed by atoms with E-state index in [4.69, 9.17) is 5.11 Å². The van der Waals surface area contributed by atoms with Gasteiger partial charge in [0.2, 0.25) is 5.91 Å². The van der Waals surface area contributed by atoms with Crippen LogP contribution in [0.1, 0.15) is 13.3 Å². The predicted molar refractivity (Wildman–Crippen MR) is 55.2 cm³/mol. The number of carbonyl (C=O) groups is 2. The Morgan fingerprint density at radius 2 is 2.21 bits per heavy atom. The van der Waals surface area contributed by atoms with Crippen molar-refractivity contribution in [2.45, 2.75) is 24.6 Å². The van der Waals surface area contributed by atoms with E-state index in [1.165, 1.54) is 0 Å². The molecule has 0 aliphatic carbocycles. The smallest absolute Gasteiger partial charge is 0.328 e. The molecule has 2 N–H and O–H groups in total. The lowest BCUT2D eigenvalue weighted by Crippen LogP contribution is -2.37. The molecule has 0 bridgehead atoms. The second kappa shape index (κ2) is 5.05. The SMILES string of the molecule is CC1SCCC1NC(=O)/C=C\C(=O)O. The third kappa shape index (κ3) is 3.41. The summed E-state index contributed by atoms with van der Waals surface area (Å²) in [6.45, 7) is 2.06. The Kier molecular flexibility index (Phi) is 4.00. The van der Waals surface area contributed by atoms with E-state index in [-0.39, 0.29) is 11.9 Å². The minimum atomic E-state index is -1.10. The summed E-state index contributed by atoms with van der Waals surface area (Å²) in [6, 6.07) is 0.172. The van der Waals surface area contributed by atoms with E-state index >= 15 is 0 Å². The van der Waals surface area contributed by atoms with Gasteiger partial charge in [-0.25, -0.2) is 4.79 Å². The average molecular weight is 215 g/mol. The van der Waals surface area contributed by atoms with Crippen LogP contribution >= 0.6 is 11.8 Å². The number of carboxylic acids is 1. The van der Waals surface area contributed by atoms with Crippen LogP contribution < -0.4 is 5.32 Å². The van der Waals surface area contributed by atoms with Crippen molar-refractivity contribution in [1.29, 1.82) is 0 Å². The molecule has 5 heteroatoms. The van der Waals surface area contributed by atoms with E-state index in [0.29, 0.717) is 5.25 Å². The largest absolute Gasteiger partial charge is 0.478 e. The van der Waals surface area contributed by atoms with Crippen molar-refractivity contribution < 1.29 is 14.7 Å². The van der Waals surface area contributed by atoms with Crippen LogP contribution in [0.4, 0.5) is 0 Å². The third-order valence-electron chi connectivity index (χ3n) is 2.08. The molecule has 2 unspecified atom stereocenters. The Hall–Kier alpha value is -0.970. The zero-order valence-corrected chi connectivity index (χ0v) is 8.71. The van der Waals surface area contributed by atoms with Crippen molar-refractivity contribution in [2.24, 2.45) is 0 Å². The highest BCUT2D eigenvalue weighted by Gasteiger charge is 2.24. The van der Waals surface area contributed by atoms with E-state index in [2.05, 4.69) is 12.2 Å². The molecular weight excluding hydrogens is 202 g/mol. The lowest BCUT2D eigenvalue weighted by Gasteiger charge is -2.14. The zero-order chi connectivity index (χ0) is 10.6. The number of carbonyl (C=O) groups excluding carboxylic acids is 1. The molecule has 1 rings (SSSR count). The summed E-state index contributed by atoms with van der Waals surface area (Å²) in [5.74, 6) is -0.380. The number of hydrogen-bond acceptors (Lipinski definition) is 3. The van der Waals surface area contributed by atoms with Crippen molar-refractivity contribution in [2.75, 3.05) is 5.75 Å². The van der Waals surface area contributed by atoms with Gasteiger partial charge < -0.3 is 10.4 Å². The van der Waals surface area contributed by atoms with E-state index < -0.39 is 5.97 Å². The van der Waals surface area contributed by atoms with Gasteiger partial charge in [-0.2, -0.15) is 11.8 Å². The molecule has 0 aromatic carbocycles. The molecule has 4 nitrogen and oxygen atoms in total. The zero-order valence-electron chi connectivity index (χ0n) is 7.90. The second-order valence-corrected chi connectivity index (χ2v) is 4.64. The summed E-state index contributed by atoms with van der Waals surface area (Å²) in [5.41, 5.74) is 0. The van der Waals surface area contributed by atoms with Crippen LogP contribution in [0.3, 0.4) is 0 Å². The van der Waals surface area contributed by atoms with Gasteiger partial charge in [-0.3, -0.25) is 4.79 Å². The molecule has 0 radical (unpaired) electrons. The van der Waals surface area contributed by atoms with Crippen LogP contribution in [-0.4, -0.2) is 34.0 Å². The van der Waals surface area contributed by atoms with Crippen molar-refractivity contribution in [3.8, 4) is 0 Å². The van der Waals surface area contributed by atoms with Crippen LogP contribution in [0.2, 0.25) is 0 Å². The van der Waals surface area contributed by atoms with E-state index in [1.807, 2.05) is 11.8 Å². The fraction of sp³-hybridized carbons (Fsp3) is 0.556. The molecule has 0 aromatic heterocycles. The standard InChI is InChI=1S/C9H13NO3S/c1-6-7(4-5-14-6)10-8(11)2-3-9(12)13/h2-3,6-7H,4-5H2,1H3,(H,10,11)(H,12,13)/b3-2-. The fourth-order valence-corrected chi connectivity index (χ4v) is 2.50. The monoisotopic (exact) mass is 215 g/mol. The first-order valence-electron chi connectivity index (χ1n) is 4.42. The second-order valence-electron chi connectivity index (χ2n) is 3.15. The molecule has 1 aliphatic rings. The molecule has 1 amide bonds. The van der Waals surface area contributed by atoms with Crippen LogP contribution in [0.25, 0.3) is 0 Å². The van der Waals surface area contributed by atoms with Gasteiger partial charge in [0.25, 0.3) is 0 Å². The van der Waals surface area contributed by atoms with Gasteiger partial charge >= 0.3 is 5.97 Å². The molecule has 2 atom stereocenters. The molecule has 1 fully saturated rings.